The second-order valence-corrected chi connectivity index (χ2v) is 9.90. The average molecular weight is 449 g/mol. The van der Waals surface area contributed by atoms with Crippen LogP contribution in [-0.4, -0.2) is 9.97 Å². The van der Waals surface area contributed by atoms with Crippen LogP contribution in [0.15, 0.2) is 110 Å². The van der Waals surface area contributed by atoms with Gasteiger partial charge in [-0.3, -0.25) is 9.97 Å². The minimum Gasteiger partial charge on any atom is -0.264 e. The molecule has 0 N–H and O–H groups in total. The molecule has 166 valence electrons. The van der Waals surface area contributed by atoms with Crippen LogP contribution in [0.4, 0.5) is 0 Å². The van der Waals surface area contributed by atoms with Gasteiger partial charge >= 0.3 is 0 Å². The molecule has 0 aliphatic heterocycles. The second kappa shape index (κ2) is 7.35. The fourth-order valence-corrected chi connectivity index (χ4v) is 5.93. The molecule has 0 saturated heterocycles. The van der Waals surface area contributed by atoms with E-state index in [1.54, 1.807) is 0 Å². The molecule has 0 spiro atoms. The van der Waals surface area contributed by atoms with Crippen molar-refractivity contribution >= 4 is 21.7 Å². The van der Waals surface area contributed by atoms with E-state index in [-0.39, 0.29) is 5.41 Å². The van der Waals surface area contributed by atoms with E-state index in [0.717, 1.165) is 11.1 Å². The van der Waals surface area contributed by atoms with Crippen LogP contribution in [0.2, 0.25) is 0 Å². The van der Waals surface area contributed by atoms with Crippen molar-refractivity contribution in [3.05, 3.63) is 121 Å². The first kappa shape index (κ1) is 20.1. The predicted octanol–water partition coefficient (Wildman–Crippen LogP) is 8.42. The van der Waals surface area contributed by atoms with Crippen molar-refractivity contribution in [1.29, 1.82) is 0 Å². The number of aromatic nitrogens is 2. The smallest absolute Gasteiger partial charge is 0.0783 e. The number of benzene rings is 4. The van der Waals surface area contributed by atoms with Gasteiger partial charge in [-0.2, -0.15) is 0 Å². The molecule has 0 radical (unpaired) electrons. The lowest BCUT2D eigenvalue weighted by Crippen LogP contribution is -2.16. The summed E-state index contributed by atoms with van der Waals surface area (Å²) in [5.41, 5.74) is 11.2. The lowest BCUT2D eigenvalue weighted by Gasteiger charge is -2.24. The molecule has 2 aromatic heterocycles. The summed E-state index contributed by atoms with van der Waals surface area (Å²) >= 11 is 0. The Morgan fingerprint density at radius 1 is 0.600 bits per heavy atom. The van der Waals surface area contributed by atoms with Crippen molar-refractivity contribution in [3.8, 4) is 33.4 Å². The highest BCUT2D eigenvalue weighted by atomic mass is 14.7. The van der Waals surface area contributed by atoms with E-state index in [1.807, 2.05) is 24.7 Å². The molecule has 1 aliphatic carbocycles. The highest BCUT2D eigenvalue weighted by Crippen LogP contribution is 2.54. The third-order valence-electron chi connectivity index (χ3n) is 7.56. The lowest BCUT2D eigenvalue weighted by atomic mass is 9.79. The number of fused-ring (bicyclic) bond motifs is 8. The topological polar surface area (TPSA) is 25.8 Å². The lowest BCUT2D eigenvalue weighted by molar-refractivity contribution is 0.666. The van der Waals surface area contributed by atoms with Gasteiger partial charge in [0.2, 0.25) is 0 Å². The SMILES string of the molecule is CC1(C)c2cc(-c3cccc(-c4cccnc4)c3)ccc2-c2c1c1cccnc1c1ccccc21. The average Bonchev–Trinajstić information content (AvgIpc) is 3.16. The van der Waals surface area contributed by atoms with Gasteiger partial charge in [0, 0.05) is 40.3 Å². The molecule has 6 aromatic rings. The van der Waals surface area contributed by atoms with Crippen LogP contribution >= 0.6 is 0 Å². The van der Waals surface area contributed by atoms with Crippen molar-refractivity contribution < 1.29 is 0 Å². The Balaban J connectivity index is 1.46. The summed E-state index contributed by atoms with van der Waals surface area (Å²) in [5.74, 6) is 0. The summed E-state index contributed by atoms with van der Waals surface area (Å²) in [7, 11) is 0. The van der Waals surface area contributed by atoms with E-state index in [1.165, 1.54) is 55.1 Å². The van der Waals surface area contributed by atoms with E-state index in [4.69, 9.17) is 4.98 Å². The van der Waals surface area contributed by atoms with E-state index >= 15 is 0 Å². The summed E-state index contributed by atoms with van der Waals surface area (Å²) < 4.78 is 0. The summed E-state index contributed by atoms with van der Waals surface area (Å²) in [4.78, 5) is 9.11. The Labute approximate surface area is 204 Å². The minimum atomic E-state index is -0.132. The standard InChI is InChI=1S/C33H24N2/c1-33(2)29-19-23(21-8-5-9-22(18-21)24-10-6-16-34-20-24)14-15-27(29)30-25-11-3-4-12-26(25)32-28(31(30)33)13-7-17-35-32/h3-20H,1-2H3. The molecule has 0 saturated carbocycles. The number of hydrogen-bond acceptors (Lipinski definition) is 2. The molecule has 2 heterocycles. The molecular weight excluding hydrogens is 424 g/mol. The van der Waals surface area contributed by atoms with Crippen LogP contribution < -0.4 is 0 Å². The molecule has 0 fully saturated rings. The number of rotatable bonds is 2. The maximum absolute atomic E-state index is 4.81. The molecule has 7 rings (SSSR count). The summed E-state index contributed by atoms with van der Waals surface area (Å²) in [5, 5.41) is 3.76. The van der Waals surface area contributed by atoms with E-state index in [0.29, 0.717) is 0 Å². The number of hydrogen-bond donors (Lipinski definition) is 0. The monoisotopic (exact) mass is 448 g/mol. The van der Waals surface area contributed by atoms with Gasteiger partial charge in [-0.15, -0.1) is 0 Å². The quantitative estimate of drug-likeness (QED) is 0.248. The third-order valence-corrected chi connectivity index (χ3v) is 7.56. The molecule has 0 atom stereocenters. The summed E-state index contributed by atoms with van der Waals surface area (Å²) in [6.07, 6.45) is 5.64. The van der Waals surface area contributed by atoms with Gasteiger partial charge in [0.05, 0.1) is 5.52 Å². The van der Waals surface area contributed by atoms with Gasteiger partial charge in [-0.25, -0.2) is 0 Å². The van der Waals surface area contributed by atoms with Crippen molar-refractivity contribution in [3.63, 3.8) is 0 Å². The van der Waals surface area contributed by atoms with Gasteiger partial charge in [0.15, 0.2) is 0 Å². The van der Waals surface area contributed by atoms with Crippen LogP contribution in [0, 0.1) is 0 Å². The molecule has 4 aromatic carbocycles. The second-order valence-electron chi connectivity index (χ2n) is 9.90. The number of nitrogens with zero attached hydrogens (tertiary/aromatic N) is 2. The largest absolute Gasteiger partial charge is 0.264 e. The van der Waals surface area contributed by atoms with Crippen LogP contribution in [-0.2, 0) is 5.41 Å². The van der Waals surface area contributed by atoms with Crippen LogP contribution in [0.1, 0.15) is 25.0 Å². The van der Waals surface area contributed by atoms with Crippen molar-refractivity contribution in [1.82, 2.24) is 9.97 Å². The van der Waals surface area contributed by atoms with Crippen LogP contribution in [0.3, 0.4) is 0 Å². The highest BCUT2D eigenvalue weighted by molar-refractivity contribution is 6.16. The Bertz CT molecular complexity index is 1760. The molecule has 0 unspecified atom stereocenters. The summed E-state index contributed by atoms with van der Waals surface area (Å²) in [6, 6.07) is 32.8. The van der Waals surface area contributed by atoms with Crippen molar-refractivity contribution in [2.45, 2.75) is 19.3 Å². The van der Waals surface area contributed by atoms with Crippen molar-refractivity contribution in [2.24, 2.45) is 0 Å². The Hall–Kier alpha value is -4.30. The molecule has 0 bridgehead atoms. The maximum Gasteiger partial charge on any atom is 0.0783 e. The van der Waals surface area contributed by atoms with Crippen LogP contribution in [0.5, 0.6) is 0 Å². The zero-order valence-electron chi connectivity index (χ0n) is 19.8. The Morgan fingerprint density at radius 3 is 2.14 bits per heavy atom. The van der Waals surface area contributed by atoms with Gasteiger partial charge < -0.3 is 0 Å². The first-order valence-corrected chi connectivity index (χ1v) is 12.1. The first-order valence-electron chi connectivity index (χ1n) is 12.1. The zero-order chi connectivity index (χ0) is 23.6. The number of pyridine rings is 2. The molecule has 1 aliphatic rings. The van der Waals surface area contributed by atoms with Gasteiger partial charge in [0.1, 0.15) is 0 Å². The zero-order valence-corrected chi connectivity index (χ0v) is 19.8. The Morgan fingerprint density at radius 2 is 1.31 bits per heavy atom. The highest BCUT2D eigenvalue weighted by Gasteiger charge is 2.38. The van der Waals surface area contributed by atoms with E-state index in [2.05, 4.69) is 104 Å². The van der Waals surface area contributed by atoms with Gasteiger partial charge in [-0.05, 0) is 68.6 Å². The van der Waals surface area contributed by atoms with E-state index < -0.39 is 0 Å². The molecular formula is C33H24N2. The normalized spacial score (nSPS) is 13.7. The van der Waals surface area contributed by atoms with Gasteiger partial charge in [0.25, 0.3) is 0 Å². The molecule has 2 heteroatoms. The molecule has 35 heavy (non-hydrogen) atoms. The van der Waals surface area contributed by atoms with Gasteiger partial charge in [-0.1, -0.05) is 80.6 Å². The predicted molar refractivity (Wildman–Crippen MR) is 145 cm³/mol. The van der Waals surface area contributed by atoms with Crippen molar-refractivity contribution in [2.75, 3.05) is 0 Å². The first-order chi connectivity index (χ1) is 17.1. The molecule has 0 amide bonds. The maximum atomic E-state index is 4.81. The summed E-state index contributed by atoms with van der Waals surface area (Å²) in [6.45, 7) is 4.71. The molecule has 2 nitrogen and oxygen atoms in total. The Kier molecular flexibility index (Phi) is 4.22. The minimum absolute atomic E-state index is 0.132. The fourth-order valence-electron chi connectivity index (χ4n) is 5.93. The van der Waals surface area contributed by atoms with E-state index in [9.17, 15) is 0 Å². The van der Waals surface area contributed by atoms with Crippen LogP contribution in [0.25, 0.3) is 55.1 Å². The fraction of sp³-hybridized carbons (Fsp3) is 0.0909. The third kappa shape index (κ3) is 2.90.